The summed E-state index contributed by atoms with van der Waals surface area (Å²) in [4.78, 5) is 0. The van der Waals surface area contributed by atoms with Crippen molar-refractivity contribution in [3.63, 3.8) is 0 Å². The summed E-state index contributed by atoms with van der Waals surface area (Å²) in [5.74, 6) is 0. The molecule has 0 aliphatic heterocycles. The first-order chi connectivity index (χ1) is 13.1. The average molecular weight is 439 g/mol. The summed E-state index contributed by atoms with van der Waals surface area (Å²) in [6, 6.07) is 10.4. The molecular weight excluding hydrogens is 418 g/mol. The van der Waals surface area contributed by atoms with Gasteiger partial charge in [-0.3, -0.25) is 0 Å². The van der Waals surface area contributed by atoms with Crippen LogP contribution in [0.15, 0.2) is 48.5 Å². The lowest BCUT2D eigenvalue weighted by Gasteiger charge is -2.21. The van der Waals surface area contributed by atoms with Gasteiger partial charge in [-0.1, -0.05) is 71.8 Å². The van der Waals surface area contributed by atoms with Crippen LogP contribution in [0.4, 0.5) is 26.3 Å². The Balaban J connectivity index is 2.16. The summed E-state index contributed by atoms with van der Waals surface area (Å²) in [7, 11) is 2.81. The fourth-order valence-corrected chi connectivity index (χ4v) is 6.03. The molecule has 2 atom stereocenters. The third-order valence-electron chi connectivity index (χ3n) is 4.20. The van der Waals surface area contributed by atoms with E-state index in [9.17, 15) is 26.3 Å². The van der Waals surface area contributed by atoms with Crippen LogP contribution in [-0.4, -0.2) is 0 Å². The summed E-state index contributed by atoms with van der Waals surface area (Å²) in [5, 5.41) is -0.376. The normalized spacial score (nSPS) is 14.7. The van der Waals surface area contributed by atoms with Crippen LogP contribution in [0.5, 0.6) is 0 Å². The Hall–Kier alpha value is -1.28. The van der Waals surface area contributed by atoms with Crippen molar-refractivity contribution < 1.29 is 26.3 Å². The second kappa shape index (κ2) is 9.48. The van der Waals surface area contributed by atoms with Gasteiger partial charge in [0.2, 0.25) is 0 Å². The van der Waals surface area contributed by atoms with Crippen LogP contribution in [-0.2, 0) is 12.4 Å². The zero-order valence-electron chi connectivity index (χ0n) is 15.3. The molecule has 0 aliphatic carbocycles. The average Bonchev–Trinajstić information content (AvgIpc) is 2.64. The predicted molar refractivity (Wildman–Crippen MR) is 104 cm³/mol. The van der Waals surface area contributed by atoms with Crippen LogP contribution < -0.4 is 0 Å². The van der Waals surface area contributed by atoms with E-state index in [1.807, 2.05) is 13.8 Å². The largest absolute Gasteiger partial charge is 0.416 e. The Kier molecular flexibility index (Phi) is 7.79. The van der Waals surface area contributed by atoms with Gasteiger partial charge in [0.15, 0.2) is 0 Å². The summed E-state index contributed by atoms with van der Waals surface area (Å²) < 4.78 is 77.7. The van der Waals surface area contributed by atoms with E-state index in [1.54, 1.807) is 12.1 Å². The minimum atomic E-state index is -4.41. The number of halogens is 6. The lowest BCUT2D eigenvalue weighted by Crippen LogP contribution is -2.06. The molecule has 0 saturated heterocycles. The van der Waals surface area contributed by atoms with E-state index in [2.05, 4.69) is 0 Å². The highest BCUT2D eigenvalue weighted by molar-refractivity contribution is 8.76. The molecule has 0 nitrogen and oxygen atoms in total. The third-order valence-corrected chi connectivity index (χ3v) is 7.71. The van der Waals surface area contributed by atoms with Crippen LogP contribution in [0.1, 0.15) is 59.4 Å². The van der Waals surface area contributed by atoms with E-state index in [0.29, 0.717) is 24.0 Å². The van der Waals surface area contributed by atoms with Crippen molar-refractivity contribution in [1.82, 2.24) is 0 Å². The summed E-state index contributed by atoms with van der Waals surface area (Å²) in [6.07, 6.45) is -7.60. The first-order valence-electron chi connectivity index (χ1n) is 8.72. The molecule has 2 aromatic carbocycles. The van der Waals surface area contributed by atoms with Crippen molar-refractivity contribution in [3.8, 4) is 0 Å². The van der Waals surface area contributed by atoms with Crippen LogP contribution in [0, 0.1) is 0 Å². The molecule has 0 spiro atoms. The Morgan fingerprint density at radius 3 is 1.32 bits per heavy atom. The SMILES string of the molecule is CCC(SSC(CC)c1cccc(C(F)(F)F)c1)c1cccc(C(F)(F)F)c1. The first kappa shape index (κ1) is 23.0. The fourth-order valence-electron chi connectivity index (χ4n) is 2.68. The molecule has 0 fully saturated rings. The monoisotopic (exact) mass is 438 g/mol. The number of rotatable bonds is 7. The molecule has 0 bridgehead atoms. The second-order valence-corrected chi connectivity index (χ2v) is 8.91. The zero-order valence-corrected chi connectivity index (χ0v) is 16.9. The van der Waals surface area contributed by atoms with Gasteiger partial charge < -0.3 is 0 Å². The highest BCUT2D eigenvalue weighted by Gasteiger charge is 2.32. The summed E-state index contributed by atoms with van der Waals surface area (Å²) in [6.45, 7) is 3.76. The van der Waals surface area contributed by atoms with Crippen LogP contribution >= 0.6 is 21.6 Å². The fraction of sp³-hybridized carbons (Fsp3) is 0.400. The van der Waals surface area contributed by atoms with Gasteiger partial charge in [-0.05, 0) is 36.1 Å². The minimum Gasteiger partial charge on any atom is -0.166 e. The molecule has 154 valence electrons. The molecule has 0 saturated carbocycles. The lowest BCUT2D eigenvalue weighted by molar-refractivity contribution is -0.138. The topological polar surface area (TPSA) is 0 Å². The van der Waals surface area contributed by atoms with E-state index in [-0.39, 0.29) is 10.5 Å². The van der Waals surface area contributed by atoms with E-state index >= 15 is 0 Å². The quantitative estimate of drug-likeness (QED) is 0.313. The van der Waals surface area contributed by atoms with Crippen LogP contribution in [0.2, 0.25) is 0 Å². The van der Waals surface area contributed by atoms with Crippen molar-refractivity contribution in [2.75, 3.05) is 0 Å². The Bertz CT molecular complexity index is 704. The third kappa shape index (κ3) is 6.11. The van der Waals surface area contributed by atoms with Crippen molar-refractivity contribution >= 4 is 21.6 Å². The lowest BCUT2D eigenvalue weighted by atomic mass is 10.1. The molecular formula is C20H20F6S2. The first-order valence-corrected chi connectivity index (χ1v) is 11.0. The zero-order chi connectivity index (χ0) is 20.9. The number of alkyl halides is 6. The smallest absolute Gasteiger partial charge is 0.166 e. The number of hydrogen-bond donors (Lipinski definition) is 0. The van der Waals surface area contributed by atoms with Crippen molar-refractivity contribution in [1.29, 1.82) is 0 Å². The molecule has 0 aliphatic rings. The van der Waals surface area contributed by atoms with Gasteiger partial charge in [0.1, 0.15) is 0 Å². The van der Waals surface area contributed by atoms with Gasteiger partial charge in [0.25, 0.3) is 0 Å². The molecule has 2 unspecified atom stereocenters. The van der Waals surface area contributed by atoms with Gasteiger partial charge in [0.05, 0.1) is 11.1 Å². The Morgan fingerprint density at radius 1 is 0.679 bits per heavy atom. The highest BCUT2D eigenvalue weighted by Crippen LogP contribution is 2.49. The van der Waals surface area contributed by atoms with E-state index < -0.39 is 23.5 Å². The molecule has 0 radical (unpaired) electrons. The number of benzene rings is 2. The second-order valence-electron chi connectivity index (χ2n) is 6.23. The molecule has 2 aromatic rings. The van der Waals surface area contributed by atoms with E-state index in [1.165, 1.54) is 33.7 Å². The van der Waals surface area contributed by atoms with Crippen LogP contribution in [0.3, 0.4) is 0 Å². The maximum Gasteiger partial charge on any atom is 0.416 e. The predicted octanol–water partition coefficient (Wildman–Crippen LogP) is 8.71. The molecule has 0 aromatic heterocycles. The van der Waals surface area contributed by atoms with E-state index in [4.69, 9.17) is 0 Å². The Morgan fingerprint density at radius 2 is 1.04 bits per heavy atom. The van der Waals surface area contributed by atoms with E-state index in [0.717, 1.165) is 24.3 Å². The molecule has 2 rings (SSSR count). The minimum absolute atomic E-state index is 0.188. The van der Waals surface area contributed by atoms with Gasteiger partial charge in [-0.2, -0.15) is 26.3 Å². The van der Waals surface area contributed by atoms with Gasteiger partial charge in [-0.15, -0.1) is 0 Å². The Labute approximate surface area is 168 Å². The van der Waals surface area contributed by atoms with Crippen molar-refractivity contribution in [2.24, 2.45) is 0 Å². The number of hydrogen-bond acceptors (Lipinski definition) is 2. The highest BCUT2D eigenvalue weighted by atomic mass is 33.1. The molecule has 0 N–H and O–H groups in total. The summed E-state index contributed by atoms with van der Waals surface area (Å²) in [5.41, 5.74) is -0.264. The van der Waals surface area contributed by atoms with Gasteiger partial charge >= 0.3 is 12.4 Å². The van der Waals surface area contributed by atoms with Crippen molar-refractivity contribution in [2.45, 2.75) is 49.5 Å². The molecule has 28 heavy (non-hydrogen) atoms. The van der Waals surface area contributed by atoms with Crippen LogP contribution in [0.25, 0.3) is 0 Å². The molecule has 0 amide bonds. The maximum absolute atomic E-state index is 13.0. The summed E-state index contributed by atoms with van der Waals surface area (Å²) >= 11 is 0. The maximum atomic E-state index is 13.0. The standard InChI is InChI=1S/C20H20F6S2/c1-3-17(13-7-5-9-15(11-13)19(21,22)23)27-28-18(4-2)14-8-6-10-16(12-14)20(24,25)26/h5-12,17-18H,3-4H2,1-2H3. The van der Waals surface area contributed by atoms with Gasteiger partial charge in [-0.25, -0.2) is 0 Å². The molecule has 0 heterocycles. The van der Waals surface area contributed by atoms with Gasteiger partial charge in [0, 0.05) is 10.5 Å². The van der Waals surface area contributed by atoms with Crippen molar-refractivity contribution in [3.05, 3.63) is 70.8 Å². The molecule has 8 heteroatoms.